The van der Waals surface area contributed by atoms with Crippen LogP contribution < -0.4 is 10.6 Å². The number of rotatable bonds is 4. The van der Waals surface area contributed by atoms with Crippen LogP contribution in [-0.2, 0) is 0 Å². The van der Waals surface area contributed by atoms with Gasteiger partial charge in [0, 0.05) is 18.8 Å². The number of nitrogens with two attached hydrogens (primary N) is 1. The van der Waals surface area contributed by atoms with Crippen LogP contribution >= 0.6 is 11.8 Å². The minimum Gasteiger partial charge on any atom is -0.397 e. The van der Waals surface area contributed by atoms with Gasteiger partial charge in [-0.2, -0.15) is 11.8 Å². The number of fused-ring (bicyclic) bond motifs is 1. The fourth-order valence-electron chi connectivity index (χ4n) is 1.75. The van der Waals surface area contributed by atoms with Crippen LogP contribution in [0.4, 0.5) is 11.4 Å². The molecule has 2 rings (SSSR count). The number of nitrogens with zero attached hydrogens (tertiary/aromatic N) is 3. The third kappa shape index (κ3) is 2.17. The SMILES string of the molecule is CSCC(C)N(C)c1ccc(N)c2nonc12. The van der Waals surface area contributed by atoms with E-state index in [1.165, 1.54) is 0 Å². The van der Waals surface area contributed by atoms with Gasteiger partial charge in [-0.15, -0.1) is 0 Å². The second-order valence-electron chi connectivity index (χ2n) is 4.05. The molecule has 2 aromatic rings. The molecule has 0 aliphatic heterocycles. The molecule has 0 aliphatic rings. The molecule has 6 heteroatoms. The molecule has 1 unspecified atom stereocenters. The van der Waals surface area contributed by atoms with Crippen LogP contribution in [0.15, 0.2) is 16.8 Å². The second kappa shape index (κ2) is 4.83. The van der Waals surface area contributed by atoms with Gasteiger partial charge in [-0.3, -0.25) is 0 Å². The van der Waals surface area contributed by atoms with Gasteiger partial charge in [-0.05, 0) is 35.6 Å². The summed E-state index contributed by atoms with van der Waals surface area (Å²) >= 11 is 1.82. The third-order valence-electron chi connectivity index (χ3n) is 2.87. The van der Waals surface area contributed by atoms with Crippen molar-refractivity contribution in [3.8, 4) is 0 Å². The Balaban J connectivity index is 2.41. The summed E-state index contributed by atoms with van der Waals surface area (Å²) in [6, 6.07) is 4.21. The summed E-state index contributed by atoms with van der Waals surface area (Å²) in [5.74, 6) is 1.05. The van der Waals surface area contributed by atoms with Crippen LogP contribution in [0.3, 0.4) is 0 Å². The van der Waals surface area contributed by atoms with Crippen LogP contribution in [0, 0.1) is 0 Å². The first-order valence-corrected chi connectivity index (χ1v) is 6.77. The van der Waals surface area contributed by atoms with Crippen molar-refractivity contribution in [3.05, 3.63) is 12.1 Å². The first-order valence-electron chi connectivity index (χ1n) is 5.37. The number of thioether (sulfide) groups is 1. The standard InChI is InChI=1S/C11H16N4OS/c1-7(6-17-3)15(2)9-5-4-8(12)10-11(9)14-16-13-10/h4-5,7H,6,12H2,1-3H3. The number of benzene rings is 1. The van der Waals surface area contributed by atoms with Crippen molar-refractivity contribution < 1.29 is 4.63 Å². The Morgan fingerprint density at radius 3 is 2.82 bits per heavy atom. The maximum Gasteiger partial charge on any atom is 0.160 e. The number of nitrogen functional groups attached to an aromatic ring is 1. The molecule has 0 bridgehead atoms. The van der Waals surface area contributed by atoms with Gasteiger partial charge < -0.3 is 10.6 Å². The molecule has 0 amide bonds. The lowest BCUT2D eigenvalue weighted by atomic mass is 10.2. The molecule has 0 saturated carbocycles. The van der Waals surface area contributed by atoms with Crippen molar-refractivity contribution >= 4 is 34.2 Å². The maximum absolute atomic E-state index is 5.82. The summed E-state index contributed by atoms with van der Waals surface area (Å²) in [5.41, 5.74) is 8.76. The molecule has 0 fully saturated rings. The van der Waals surface area contributed by atoms with Gasteiger partial charge in [0.2, 0.25) is 0 Å². The quantitative estimate of drug-likeness (QED) is 0.839. The van der Waals surface area contributed by atoms with Crippen molar-refractivity contribution in [2.45, 2.75) is 13.0 Å². The van der Waals surface area contributed by atoms with Gasteiger partial charge in [0.05, 0.1) is 11.4 Å². The highest BCUT2D eigenvalue weighted by molar-refractivity contribution is 7.98. The van der Waals surface area contributed by atoms with Crippen LogP contribution in [-0.4, -0.2) is 35.4 Å². The molecular formula is C11H16N4OS. The molecule has 5 nitrogen and oxygen atoms in total. The number of hydrogen-bond donors (Lipinski definition) is 1. The van der Waals surface area contributed by atoms with Crippen molar-refractivity contribution in [1.82, 2.24) is 10.3 Å². The Bertz CT molecular complexity index is 513. The Morgan fingerprint density at radius 1 is 1.41 bits per heavy atom. The average molecular weight is 252 g/mol. The van der Waals surface area contributed by atoms with Crippen LogP contribution in [0.2, 0.25) is 0 Å². The Morgan fingerprint density at radius 2 is 2.12 bits per heavy atom. The number of hydrogen-bond acceptors (Lipinski definition) is 6. The summed E-state index contributed by atoms with van der Waals surface area (Å²) < 4.78 is 4.76. The lowest BCUT2D eigenvalue weighted by molar-refractivity contribution is 0.315. The second-order valence-corrected chi connectivity index (χ2v) is 4.96. The van der Waals surface area contributed by atoms with Gasteiger partial charge in [0.15, 0.2) is 11.0 Å². The zero-order valence-corrected chi connectivity index (χ0v) is 11.0. The van der Waals surface area contributed by atoms with Crippen molar-refractivity contribution in [2.24, 2.45) is 0 Å². The van der Waals surface area contributed by atoms with E-state index in [0.29, 0.717) is 17.2 Å². The normalized spacial score (nSPS) is 12.9. The zero-order valence-electron chi connectivity index (χ0n) is 10.2. The largest absolute Gasteiger partial charge is 0.397 e. The summed E-state index contributed by atoms with van der Waals surface area (Å²) in [7, 11) is 2.04. The Kier molecular flexibility index (Phi) is 3.42. The van der Waals surface area contributed by atoms with Gasteiger partial charge in [0.1, 0.15) is 0 Å². The van der Waals surface area contributed by atoms with Crippen molar-refractivity contribution in [1.29, 1.82) is 0 Å². The molecule has 1 heterocycles. The van der Waals surface area contributed by atoms with E-state index in [0.717, 1.165) is 17.0 Å². The highest BCUT2D eigenvalue weighted by Crippen LogP contribution is 2.28. The van der Waals surface area contributed by atoms with E-state index in [2.05, 4.69) is 28.4 Å². The number of aromatic nitrogens is 2. The van der Waals surface area contributed by atoms with Crippen molar-refractivity contribution in [2.75, 3.05) is 29.7 Å². The van der Waals surface area contributed by atoms with Gasteiger partial charge in [-0.25, -0.2) is 4.63 Å². The molecular weight excluding hydrogens is 236 g/mol. The summed E-state index contributed by atoms with van der Waals surface area (Å²) in [5, 5.41) is 7.75. The fourth-order valence-corrected chi connectivity index (χ4v) is 2.45. The predicted octanol–water partition coefficient (Wildman–Crippen LogP) is 1.99. The average Bonchev–Trinajstić information content (AvgIpc) is 2.79. The van der Waals surface area contributed by atoms with E-state index in [1.54, 1.807) is 0 Å². The summed E-state index contributed by atoms with van der Waals surface area (Å²) in [4.78, 5) is 2.17. The summed E-state index contributed by atoms with van der Waals surface area (Å²) in [6.45, 7) is 2.17. The fraction of sp³-hybridized carbons (Fsp3) is 0.455. The van der Waals surface area contributed by atoms with Gasteiger partial charge >= 0.3 is 0 Å². The van der Waals surface area contributed by atoms with Crippen LogP contribution in [0.5, 0.6) is 0 Å². The first-order chi connectivity index (χ1) is 8.15. The molecule has 0 saturated heterocycles. The molecule has 0 aliphatic carbocycles. The van der Waals surface area contributed by atoms with Gasteiger partial charge in [-0.1, -0.05) is 0 Å². The maximum atomic E-state index is 5.82. The molecule has 92 valence electrons. The minimum absolute atomic E-state index is 0.411. The minimum atomic E-state index is 0.411. The monoisotopic (exact) mass is 252 g/mol. The molecule has 17 heavy (non-hydrogen) atoms. The van der Waals surface area contributed by atoms with E-state index in [9.17, 15) is 0 Å². The van der Waals surface area contributed by atoms with E-state index < -0.39 is 0 Å². The van der Waals surface area contributed by atoms with Crippen LogP contribution in [0.1, 0.15) is 6.92 Å². The molecule has 0 radical (unpaired) electrons. The van der Waals surface area contributed by atoms with Gasteiger partial charge in [0.25, 0.3) is 0 Å². The predicted molar refractivity (Wildman–Crippen MR) is 72.5 cm³/mol. The smallest absolute Gasteiger partial charge is 0.160 e. The Hall–Kier alpha value is -1.43. The molecule has 1 aromatic heterocycles. The third-order valence-corrected chi connectivity index (χ3v) is 3.69. The van der Waals surface area contributed by atoms with E-state index in [4.69, 9.17) is 10.4 Å². The zero-order chi connectivity index (χ0) is 12.4. The lowest BCUT2D eigenvalue weighted by Gasteiger charge is -2.26. The highest BCUT2D eigenvalue weighted by atomic mass is 32.2. The number of anilines is 2. The lowest BCUT2D eigenvalue weighted by Crippen LogP contribution is -2.31. The topological polar surface area (TPSA) is 68.2 Å². The molecule has 0 spiro atoms. The van der Waals surface area contributed by atoms with E-state index in [1.807, 2.05) is 30.9 Å². The molecule has 2 N–H and O–H groups in total. The molecule has 1 aromatic carbocycles. The van der Waals surface area contributed by atoms with Crippen LogP contribution in [0.25, 0.3) is 11.0 Å². The van der Waals surface area contributed by atoms with Crippen molar-refractivity contribution in [3.63, 3.8) is 0 Å². The highest BCUT2D eigenvalue weighted by Gasteiger charge is 2.16. The van der Waals surface area contributed by atoms with E-state index >= 15 is 0 Å². The van der Waals surface area contributed by atoms with E-state index in [-0.39, 0.29) is 0 Å². The Labute approximate surface area is 104 Å². The molecule has 1 atom stereocenters. The summed E-state index contributed by atoms with van der Waals surface area (Å²) in [6.07, 6.45) is 2.10. The first kappa shape index (κ1) is 12.0.